The Labute approximate surface area is 124 Å². The number of benzene rings is 2. The van der Waals surface area contributed by atoms with Crippen molar-refractivity contribution in [2.24, 2.45) is 0 Å². The minimum absolute atomic E-state index is 0.135. The molecule has 2 rings (SSSR count). The van der Waals surface area contributed by atoms with Gasteiger partial charge in [-0.25, -0.2) is 4.39 Å². The van der Waals surface area contributed by atoms with Gasteiger partial charge >= 0.3 is 0 Å². The number of hydrogen-bond acceptors (Lipinski definition) is 1. The zero-order valence-electron chi connectivity index (χ0n) is 12.0. The van der Waals surface area contributed by atoms with Crippen LogP contribution in [0.3, 0.4) is 0 Å². The molecule has 0 saturated heterocycles. The van der Waals surface area contributed by atoms with Gasteiger partial charge in [0, 0.05) is 16.6 Å². The molecule has 1 atom stereocenters. The lowest BCUT2D eigenvalue weighted by atomic mass is 9.94. The first-order valence-electron chi connectivity index (χ1n) is 6.70. The average molecular weight is 292 g/mol. The normalized spacial score (nSPS) is 12.4. The molecule has 0 heterocycles. The van der Waals surface area contributed by atoms with Crippen LogP contribution in [0.4, 0.5) is 4.39 Å². The number of likely N-dealkylation sites (N-methyl/N-ethyl adjacent to an activating group) is 1. The summed E-state index contributed by atoms with van der Waals surface area (Å²) in [6.45, 7) is 4.14. The van der Waals surface area contributed by atoms with Gasteiger partial charge in [0.25, 0.3) is 0 Å². The molecule has 2 aromatic rings. The molecule has 0 aliphatic rings. The molecule has 0 spiro atoms. The number of nitrogens with one attached hydrogen (secondary N) is 1. The standard InChI is InChI=1S/C17H19ClFN/c1-11-7-8-12(2)13(9-11)10-16(20-3)17-14(18)5-4-6-15(17)19/h4-9,16,20H,10H2,1-3H3. The van der Waals surface area contributed by atoms with Crippen molar-refractivity contribution >= 4 is 11.6 Å². The van der Waals surface area contributed by atoms with E-state index in [-0.39, 0.29) is 11.9 Å². The Morgan fingerprint density at radius 1 is 1.20 bits per heavy atom. The summed E-state index contributed by atoms with van der Waals surface area (Å²) in [7, 11) is 1.83. The molecule has 0 fully saturated rings. The number of hydrogen-bond donors (Lipinski definition) is 1. The van der Waals surface area contributed by atoms with Gasteiger partial charge in [0.15, 0.2) is 0 Å². The first-order chi connectivity index (χ1) is 9.52. The van der Waals surface area contributed by atoms with Gasteiger partial charge in [0.1, 0.15) is 5.82 Å². The molecular formula is C17H19ClFN. The van der Waals surface area contributed by atoms with Crippen LogP contribution < -0.4 is 5.32 Å². The lowest BCUT2D eigenvalue weighted by molar-refractivity contribution is 0.533. The van der Waals surface area contributed by atoms with E-state index in [0.717, 1.165) is 0 Å². The molecule has 0 aliphatic carbocycles. The monoisotopic (exact) mass is 291 g/mol. The minimum Gasteiger partial charge on any atom is -0.313 e. The van der Waals surface area contributed by atoms with Crippen LogP contribution in [0.1, 0.15) is 28.3 Å². The molecule has 3 heteroatoms. The molecule has 106 valence electrons. The fourth-order valence-corrected chi connectivity index (χ4v) is 2.73. The Morgan fingerprint density at radius 3 is 2.60 bits per heavy atom. The highest BCUT2D eigenvalue weighted by Crippen LogP contribution is 2.29. The molecule has 1 unspecified atom stereocenters. The van der Waals surface area contributed by atoms with E-state index in [1.54, 1.807) is 12.1 Å². The maximum absolute atomic E-state index is 14.0. The van der Waals surface area contributed by atoms with Crippen LogP contribution in [-0.4, -0.2) is 7.05 Å². The van der Waals surface area contributed by atoms with Crippen molar-refractivity contribution in [3.05, 3.63) is 69.5 Å². The molecule has 0 saturated carbocycles. The van der Waals surface area contributed by atoms with Gasteiger partial charge in [-0.3, -0.25) is 0 Å². The molecule has 0 aliphatic heterocycles. The minimum atomic E-state index is -0.262. The van der Waals surface area contributed by atoms with Crippen LogP contribution in [0, 0.1) is 19.7 Å². The van der Waals surface area contributed by atoms with Crippen LogP contribution in [-0.2, 0) is 6.42 Å². The molecule has 0 amide bonds. The van der Waals surface area contributed by atoms with Gasteiger partial charge in [-0.15, -0.1) is 0 Å². The Hall–Kier alpha value is -1.38. The van der Waals surface area contributed by atoms with E-state index >= 15 is 0 Å². The fraction of sp³-hybridized carbons (Fsp3) is 0.294. The van der Waals surface area contributed by atoms with Gasteiger partial charge < -0.3 is 5.32 Å². The fourth-order valence-electron chi connectivity index (χ4n) is 2.43. The van der Waals surface area contributed by atoms with Crippen LogP contribution >= 0.6 is 11.6 Å². The Balaban J connectivity index is 2.36. The van der Waals surface area contributed by atoms with E-state index in [1.807, 2.05) is 7.05 Å². The molecule has 0 aromatic heterocycles. The van der Waals surface area contributed by atoms with Crippen molar-refractivity contribution in [1.29, 1.82) is 0 Å². The van der Waals surface area contributed by atoms with Crippen molar-refractivity contribution in [1.82, 2.24) is 5.32 Å². The number of halogens is 2. The van der Waals surface area contributed by atoms with Crippen molar-refractivity contribution in [2.45, 2.75) is 26.3 Å². The molecular weight excluding hydrogens is 273 g/mol. The van der Waals surface area contributed by atoms with Crippen LogP contribution in [0.5, 0.6) is 0 Å². The molecule has 1 N–H and O–H groups in total. The summed E-state index contributed by atoms with van der Waals surface area (Å²) >= 11 is 6.16. The highest BCUT2D eigenvalue weighted by atomic mass is 35.5. The van der Waals surface area contributed by atoms with E-state index in [9.17, 15) is 4.39 Å². The summed E-state index contributed by atoms with van der Waals surface area (Å²) in [5.74, 6) is -0.262. The summed E-state index contributed by atoms with van der Waals surface area (Å²) in [6.07, 6.45) is 0.713. The highest BCUT2D eigenvalue weighted by molar-refractivity contribution is 6.31. The Kier molecular flexibility index (Phi) is 4.79. The quantitative estimate of drug-likeness (QED) is 0.868. The van der Waals surface area contributed by atoms with Gasteiger partial charge in [-0.1, -0.05) is 41.4 Å². The smallest absolute Gasteiger partial charge is 0.129 e. The van der Waals surface area contributed by atoms with Crippen LogP contribution in [0.25, 0.3) is 0 Å². The topological polar surface area (TPSA) is 12.0 Å². The lowest BCUT2D eigenvalue weighted by Crippen LogP contribution is -2.21. The zero-order chi connectivity index (χ0) is 14.7. The van der Waals surface area contributed by atoms with E-state index < -0.39 is 0 Å². The van der Waals surface area contributed by atoms with Crippen molar-refractivity contribution in [2.75, 3.05) is 7.05 Å². The van der Waals surface area contributed by atoms with E-state index in [2.05, 4.69) is 37.4 Å². The molecule has 20 heavy (non-hydrogen) atoms. The predicted octanol–water partition coefficient (Wildman–Crippen LogP) is 4.60. The second-order valence-electron chi connectivity index (χ2n) is 5.11. The van der Waals surface area contributed by atoms with Crippen LogP contribution in [0.15, 0.2) is 36.4 Å². The number of rotatable bonds is 4. The van der Waals surface area contributed by atoms with E-state index in [0.29, 0.717) is 17.0 Å². The molecule has 0 bridgehead atoms. The SMILES string of the molecule is CNC(Cc1cc(C)ccc1C)c1c(F)cccc1Cl. The molecule has 0 radical (unpaired) electrons. The highest BCUT2D eigenvalue weighted by Gasteiger charge is 2.18. The second kappa shape index (κ2) is 6.38. The largest absolute Gasteiger partial charge is 0.313 e. The average Bonchev–Trinajstić information content (AvgIpc) is 2.41. The molecule has 2 aromatic carbocycles. The Bertz CT molecular complexity index is 590. The third kappa shape index (κ3) is 3.20. The van der Waals surface area contributed by atoms with Gasteiger partial charge in [0.2, 0.25) is 0 Å². The Morgan fingerprint density at radius 2 is 1.95 bits per heavy atom. The number of aryl methyl sites for hydroxylation is 2. The summed E-state index contributed by atoms with van der Waals surface area (Å²) in [5, 5.41) is 3.64. The van der Waals surface area contributed by atoms with Gasteiger partial charge in [0.05, 0.1) is 0 Å². The van der Waals surface area contributed by atoms with E-state index in [4.69, 9.17) is 11.6 Å². The third-order valence-corrected chi connectivity index (χ3v) is 3.95. The second-order valence-corrected chi connectivity index (χ2v) is 5.52. The summed E-state index contributed by atoms with van der Waals surface area (Å²) in [4.78, 5) is 0. The maximum Gasteiger partial charge on any atom is 0.129 e. The summed E-state index contributed by atoms with van der Waals surface area (Å²) < 4.78 is 14.0. The summed E-state index contributed by atoms with van der Waals surface area (Å²) in [6, 6.07) is 11.0. The van der Waals surface area contributed by atoms with Gasteiger partial charge in [-0.05, 0) is 50.6 Å². The predicted molar refractivity (Wildman–Crippen MR) is 82.8 cm³/mol. The lowest BCUT2D eigenvalue weighted by Gasteiger charge is -2.20. The summed E-state index contributed by atoms with van der Waals surface area (Å²) in [5.41, 5.74) is 4.17. The van der Waals surface area contributed by atoms with Gasteiger partial charge in [-0.2, -0.15) is 0 Å². The maximum atomic E-state index is 14.0. The van der Waals surface area contributed by atoms with Crippen LogP contribution in [0.2, 0.25) is 5.02 Å². The third-order valence-electron chi connectivity index (χ3n) is 3.63. The first-order valence-corrected chi connectivity index (χ1v) is 7.08. The first kappa shape index (κ1) is 15.0. The van der Waals surface area contributed by atoms with E-state index in [1.165, 1.54) is 22.8 Å². The van der Waals surface area contributed by atoms with Crippen molar-refractivity contribution in [3.8, 4) is 0 Å². The zero-order valence-corrected chi connectivity index (χ0v) is 12.8. The molecule has 1 nitrogen and oxygen atoms in total. The van der Waals surface area contributed by atoms with Crippen molar-refractivity contribution in [3.63, 3.8) is 0 Å². The van der Waals surface area contributed by atoms with Crippen molar-refractivity contribution < 1.29 is 4.39 Å².